The van der Waals surface area contributed by atoms with Crippen molar-refractivity contribution >= 4 is 21.6 Å². The maximum absolute atomic E-state index is 5.23. The van der Waals surface area contributed by atoms with Gasteiger partial charge in [0.25, 0.3) is 0 Å². The van der Waals surface area contributed by atoms with Crippen LogP contribution in [0.4, 0.5) is 0 Å². The molecular weight excluding hydrogens is 306 g/mol. The quantitative estimate of drug-likeness (QED) is 0.745. The normalized spacial score (nSPS) is 10.8. The molecule has 0 aliphatic carbocycles. The second kappa shape index (κ2) is 5.01. The van der Waals surface area contributed by atoms with Gasteiger partial charge in [-0.2, -0.15) is 0 Å². The van der Waals surface area contributed by atoms with E-state index in [0.29, 0.717) is 0 Å². The topological polar surface area (TPSA) is 39.4 Å². The van der Waals surface area contributed by atoms with Crippen LogP contribution in [0.2, 0.25) is 0 Å². The van der Waals surface area contributed by atoms with Gasteiger partial charge in [0, 0.05) is 10.9 Å². The molecule has 0 amide bonds. The molecule has 0 bridgehead atoms. The van der Waals surface area contributed by atoms with Crippen LogP contribution in [0.25, 0.3) is 5.65 Å². The molecule has 0 saturated heterocycles. The Morgan fingerprint density at radius 2 is 1.89 bits per heavy atom. The number of benzene rings is 1. The zero-order chi connectivity index (χ0) is 13.2. The Morgan fingerprint density at radius 1 is 1.11 bits per heavy atom. The smallest absolute Gasteiger partial charge is 0.161 e. The summed E-state index contributed by atoms with van der Waals surface area (Å²) in [4.78, 5) is 0. The first kappa shape index (κ1) is 12.2. The fourth-order valence-electron chi connectivity index (χ4n) is 1.94. The molecular formula is C14H12BrN3O. The number of halogens is 1. The van der Waals surface area contributed by atoms with E-state index in [1.165, 1.54) is 5.56 Å². The fraction of sp³-hybridized carbons (Fsp3) is 0.143. The van der Waals surface area contributed by atoms with E-state index < -0.39 is 0 Å². The van der Waals surface area contributed by atoms with E-state index >= 15 is 0 Å². The van der Waals surface area contributed by atoms with E-state index in [9.17, 15) is 0 Å². The van der Waals surface area contributed by atoms with Gasteiger partial charge in [-0.1, -0.05) is 28.1 Å². The third-order valence-electron chi connectivity index (χ3n) is 2.96. The van der Waals surface area contributed by atoms with E-state index in [1.54, 1.807) is 7.11 Å². The molecule has 0 spiro atoms. The summed E-state index contributed by atoms with van der Waals surface area (Å²) >= 11 is 3.43. The summed E-state index contributed by atoms with van der Waals surface area (Å²) in [5.41, 5.74) is 2.02. The Labute approximate surface area is 119 Å². The van der Waals surface area contributed by atoms with Crippen molar-refractivity contribution in [1.82, 2.24) is 14.6 Å². The van der Waals surface area contributed by atoms with Crippen molar-refractivity contribution in [2.24, 2.45) is 0 Å². The van der Waals surface area contributed by atoms with Crippen LogP contribution in [0.5, 0.6) is 5.75 Å². The standard InChI is InChI=1S/C14H12BrN3O/c1-19-12-6-7-13-16-17-14(18(13)9-12)8-10-2-4-11(15)5-3-10/h2-7,9H,8H2,1H3. The number of aromatic nitrogens is 3. The van der Waals surface area contributed by atoms with Crippen molar-refractivity contribution in [3.05, 3.63) is 58.5 Å². The number of nitrogens with zero attached hydrogens (tertiary/aromatic N) is 3. The first-order valence-corrected chi connectivity index (χ1v) is 6.67. The Balaban J connectivity index is 1.98. The van der Waals surface area contributed by atoms with Crippen molar-refractivity contribution in [1.29, 1.82) is 0 Å². The van der Waals surface area contributed by atoms with Crippen LogP contribution in [0.3, 0.4) is 0 Å². The van der Waals surface area contributed by atoms with Gasteiger partial charge in [0.2, 0.25) is 0 Å². The molecule has 3 aromatic rings. The van der Waals surface area contributed by atoms with Gasteiger partial charge in [-0.05, 0) is 29.8 Å². The number of methoxy groups -OCH3 is 1. The SMILES string of the molecule is COc1ccc2nnc(Cc3ccc(Br)cc3)n2c1. The molecule has 2 aromatic heterocycles. The van der Waals surface area contributed by atoms with Gasteiger partial charge in [-0.3, -0.25) is 4.40 Å². The molecule has 0 N–H and O–H groups in total. The summed E-state index contributed by atoms with van der Waals surface area (Å²) in [6.07, 6.45) is 2.64. The molecule has 0 fully saturated rings. The summed E-state index contributed by atoms with van der Waals surface area (Å²) in [7, 11) is 1.65. The van der Waals surface area contributed by atoms with Gasteiger partial charge >= 0.3 is 0 Å². The molecule has 0 unspecified atom stereocenters. The number of hydrogen-bond donors (Lipinski definition) is 0. The minimum atomic E-state index is 0.738. The Bertz CT molecular complexity index is 706. The van der Waals surface area contributed by atoms with Crippen molar-refractivity contribution in [2.45, 2.75) is 6.42 Å². The third kappa shape index (κ3) is 2.46. The minimum absolute atomic E-state index is 0.738. The largest absolute Gasteiger partial charge is 0.495 e. The van der Waals surface area contributed by atoms with Crippen molar-refractivity contribution in [2.75, 3.05) is 7.11 Å². The highest BCUT2D eigenvalue weighted by Crippen LogP contribution is 2.16. The lowest BCUT2D eigenvalue weighted by molar-refractivity contribution is 0.412. The van der Waals surface area contributed by atoms with Gasteiger partial charge in [-0.15, -0.1) is 10.2 Å². The van der Waals surface area contributed by atoms with E-state index in [0.717, 1.165) is 28.1 Å². The summed E-state index contributed by atoms with van der Waals surface area (Å²) in [6.45, 7) is 0. The molecule has 1 aromatic carbocycles. The maximum Gasteiger partial charge on any atom is 0.161 e. The molecule has 0 aliphatic heterocycles. The van der Waals surface area contributed by atoms with Gasteiger partial charge in [0.1, 0.15) is 11.6 Å². The number of rotatable bonds is 3. The van der Waals surface area contributed by atoms with Crippen LogP contribution in [-0.2, 0) is 6.42 Å². The average molecular weight is 318 g/mol. The molecule has 4 nitrogen and oxygen atoms in total. The lowest BCUT2D eigenvalue weighted by atomic mass is 10.1. The van der Waals surface area contributed by atoms with E-state index in [-0.39, 0.29) is 0 Å². The van der Waals surface area contributed by atoms with Gasteiger partial charge in [0.15, 0.2) is 5.65 Å². The summed E-state index contributed by atoms with van der Waals surface area (Å²) in [6, 6.07) is 12.0. The molecule has 19 heavy (non-hydrogen) atoms. The monoisotopic (exact) mass is 317 g/mol. The molecule has 5 heteroatoms. The Kier molecular flexibility index (Phi) is 3.21. The van der Waals surface area contributed by atoms with E-state index in [1.807, 2.05) is 34.9 Å². The summed E-state index contributed by atoms with van der Waals surface area (Å²) in [5.74, 6) is 1.69. The zero-order valence-corrected chi connectivity index (χ0v) is 12.0. The first-order chi connectivity index (χ1) is 9.26. The van der Waals surface area contributed by atoms with E-state index in [4.69, 9.17) is 4.74 Å². The third-order valence-corrected chi connectivity index (χ3v) is 3.49. The molecule has 0 saturated carbocycles. The molecule has 96 valence electrons. The molecule has 0 atom stereocenters. The second-order valence-corrected chi connectivity index (χ2v) is 5.13. The Hall–Kier alpha value is -1.88. The average Bonchev–Trinajstić information content (AvgIpc) is 2.84. The molecule has 3 rings (SSSR count). The van der Waals surface area contributed by atoms with Crippen LogP contribution in [0, 0.1) is 0 Å². The van der Waals surface area contributed by atoms with Crippen LogP contribution in [0.1, 0.15) is 11.4 Å². The zero-order valence-electron chi connectivity index (χ0n) is 10.4. The number of ether oxygens (including phenoxy) is 1. The lowest BCUT2D eigenvalue weighted by Crippen LogP contribution is -1.97. The fourth-order valence-corrected chi connectivity index (χ4v) is 2.21. The van der Waals surface area contributed by atoms with Gasteiger partial charge < -0.3 is 4.74 Å². The van der Waals surface area contributed by atoms with Crippen LogP contribution < -0.4 is 4.74 Å². The highest BCUT2D eigenvalue weighted by Gasteiger charge is 2.07. The highest BCUT2D eigenvalue weighted by atomic mass is 79.9. The first-order valence-electron chi connectivity index (χ1n) is 5.88. The predicted octanol–water partition coefficient (Wildman–Crippen LogP) is 3.09. The molecule has 2 heterocycles. The predicted molar refractivity (Wildman–Crippen MR) is 76.5 cm³/mol. The van der Waals surface area contributed by atoms with Crippen molar-refractivity contribution in [3.63, 3.8) is 0 Å². The maximum atomic E-state index is 5.23. The summed E-state index contributed by atoms with van der Waals surface area (Å²) in [5, 5.41) is 8.39. The lowest BCUT2D eigenvalue weighted by Gasteiger charge is -2.03. The highest BCUT2D eigenvalue weighted by molar-refractivity contribution is 9.10. The van der Waals surface area contributed by atoms with Crippen molar-refractivity contribution < 1.29 is 4.74 Å². The molecule has 0 aliphatic rings. The number of pyridine rings is 1. The van der Waals surface area contributed by atoms with Gasteiger partial charge in [-0.25, -0.2) is 0 Å². The molecule has 0 radical (unpaired) electrons. The minimum Gasteiger partial charge on any atom is -0.495 e. The van der Waals surface area contributed by atoms with Crippen LogP contribution >= 0.6 is 15.9 Å². The number of fused-ring (bicyclic) bond motifs is 1. The number of hydrogen-bond acceptors (Lipinski definition) is 3. The van der Waals surface area contributed by atoms with Crippen molar-refractivity contribution in [3.8, 4) is 5.75 Å². The van der Waals surface area contributed by atoms with Gasteiger partial charge in [0.05, 0.1) is 13.3 Å². The second-order valence-electron chi connectivity index (χ2n) is 4.22. The summed E-state index contributed by atoms with van der Waals surface area (Å²) < 4.78 is 8.26. The Morgan fingerprint density at radius 3 is 2.63 bits per heavy atom. The van der Waals surface area contributed by atoms with Crippen LogP contribution in [0.15, 0.2) is 47.1 Å². The van der Waals surface area contributed by atoms with E-state index in [2.05, 4.69) is 38.3 Å². The van der Waals surface area contributed by atoms with Crippen LogP contribution in [-0.4, -0.2) is 21.7 Å².